The molecule has 2 atom stereocenters. The predicted molar refractivity (Wildman–Crippen MR) is 145 cm³/mol. The second kappa shape index (κ2) is 11.2. The molecule has 0 radical (unpaired) electrons. The zero-order valence-corrected chi connectivity index (χ0v) is 21.4. The highest BCUT2D eigenvalue weighted by molar-refractivity contribution is 5.59. The van der Waals surface area contributed by atoms with E-state index in [1.54, 1.807) is 0 Å². The summed E-state index contributed by atoms with van der Waals surface area (Å²) in [5.41, 5.74) is 7.52. The number of para-hydroxylation sites is 1. The molecule has 1 N–H and O–H groups in total. The maximum atomic E-state index is 4.54. The number of tetrazole rings is 1. The van der Waals surface area contributed by atoms with E-state index in [4.69, 9.17) is 0 Å². The minimum atomic E-state index is -0.219. The van der Waals surface area contributed by atoms with Crippen LogP contribution in [-0.2, 0) is 6.42 Å². The summed E-state index contributed by atoms with van der Waals surface area (Å²) >= 11 is 0. The second-order valence-corrected chi connectivity index (χ2v) is 9.22. The summed E-state index contributed by atoms with van der Waals surface area (Å²) in [5.74, 6) is 0.966. The lowest BCUT2D eigenvalue weighted by atomic mass is 10.00. The first-order valence-corrected chi connectivity index (χ1v) is 12.7. The number of nitrogens with one attached hydrogen (secondary N) is 1. The van der Waals surface area contributed by atoms with Crippen molar-refractivity contribution in [2.45, 2.75) is 39.2 Å². The van der Waals surface area contributed by atoms with Crippen LogP contribution in [0.15, 0.2) is 91.3 Å². The lowest BCUT2D eigenvalue weighted by Gasteiger charge is -2.22. The zero-order valence-electron chi connectivity index (χ0n) is 21.4. The maximum absolute atomic E-state index is 4.54. The minimum Gasteiger partial charge on any atom is -0.303 e. The maximum Gasteiger partial charge on any atom is 0.178 e. The topological polar surface area (TPSA) is 81.4 Å². The first kappa shape index (κ1) is 24.5. The fourth-order valence-corrected chi connectivity index (χ4v) is 4.65. The van der Waals surface area contributed by atoms with Crippen LogP contribution in [0.1, 0.15) is 54.0 Å². The van der Waals surface area contributed by atoms with Gasteiger partial charge in [-0.1, -0.05) is 68.4 Å². The van der Waals surface area contributed by atoms with Crippen LogP contribution in [0, 0.1) is 6.92 Å². The van der Waals surface area contributed by atoms with E-state index < -0.39 is 0 Å². The van der Waals surface area contributed by atoms with Gasteiger partial charge in [0.1, 0.15) is 0 Å². The van der Waals surface area contributed by atoms with Gasteiger partial charge in [0.2, 0.25) is 0 Å². The summed E-state index contributed by atoms with van der Waals surface area (Å²) in [6.45, 7) is 7.15. The molecule has 186 valence electrons. The Hall–Kier alpha value is -4.23. The summed E-state index contributed by atoms with van der Waals surface area (Å²) in [6.07, 6.45) is 4.54. The molecule has 5 rings (SSSR count). The van der Waals surface area contributed by atoms with Crippen LogP contribution in [0.2, 0.25) is 0 Å². The van der Waals surface area contributed by atoms with E-state index in [0.29, 0.717) is 6.54 Å². The summed E-state index contributed by atoms with van der Waals surface area (Å²) in [4.78, 5) is 9.03. The number of hydrogen-bond acceptors (Lipinski definition) is 6. The van der Waals surface area contributed by atoms with Gasteiger partial charge in [0.05, 0.1) is 17.4 Å². The number of aromatic nitrogens is 6. The lowest BCUT2D eigenvalue weighted by molar-refractivity contribution is 0.524. The Morgan fingerprint density at radius 1 is 0.865 bits per heavy atom. The van der Waals surface area contributed by atoms with Crippen molar-refractivity contribution in [3.63, 3.8) is 0 Å². The SMILES string of the molecule is CCc1cccc(C)c1-n1nnnc1C(NCC(C)c1ccccn1)c1ccc(-c2ccccn2)cc1. The number of nitrogens with zero attached hydrogens (tertiary/aromatic N) is 6. The zero-order chi connectivity index (χ0) is 25.6. The van der Waals surface area contributed by atoms with Crippen molar-refractivity contribution in [2.24, 2.45) is 0 Å². The van der Waals surface area contributed by atoms with Crippen LogP contribution in [-0.4, -0.2) is 36.7 Å². The number of pyridine rings is 2. The van der Waals surface area contributed by atoms with Gasteiger partial charge in [0.25, 0.3) is 0 Å². The number of aryl methyl sites for hydroxylation is 2. The Morgan fingerprint density at radius 3 is 2.35 bits per heavy atom. The van der Waals surface area contributed by atoms with Crippen molar-refractivity contribution < 1.29 is 0 Å². The normalized spacial score (nSPS) is 12.8. The Labute approximate surface area is 217 Å². The molecule has 0 fully saturated rings. The molecule has 7 heteroatoms. The van der Waals surface area contributed by atoms with Gasteiger partial charge < -0.3 is 5.32 Å². The van der Waals surface area contributed by atoms with Crippen LogP contribution in [0.5, 0.6) is 0 Å². The van der Waals surface area contributed by atoms with Gasteiger partial charge in [-0.25, -0.2) is 0 Å². The van der Waals surface area contributed by atoms with Crippen molar-refractivity contribution in [1.29, 1.82) is 0 Å². The third-order valence-corrected chi connectivity index (χ3v) is 6.69. The third-order valence-electron chi connectivity index (χ3n) is 6.69. The van der Waals surface area contributed by atoms with Crippen LogP contribution in [0.4, 0.5) is 0 Å². The number of benzene rings is 2. The number of rotatable bonds is 9. The third kappa shape index (κ3) is 5.32. The fraction of sp³-hybridized carbons (Fsp3) is 0.233. The molecular weight excluding hydrogens is 458 g/mol. The van der Waals surface area contributed by atoms with E-state index in [1.807, 2.05) is 47.4 Å². The highest BCUT2D eigenvalue weighted by atomic mass is 15.5. The Balaban J connectivity index is 1.53. The molecule has 0 spiro atoms. The van der Waals surface area contributed by atoms with Gasteiger partial charge in [-0.15, -0.1) is 5.10 Å². The lowest BCUT2D eigenvalue weighted by Crippen LogP contribution is -2.29. The molecule has 0 aliphatic rings. The summed E-state index contributed by atoms with van der Waals surface area (Å²) < 4.78 is 1.89. The van der Waals surface area contributed by atoms with E-state index in [1.165, 1.54) is 5.56 Å². The molecular formula is C30H31N7. The average Bonchev–Trinajstić information content (AvgIpc) is 3.43. The molecule has 5 aromatic rings. The first-order valence-electron chi connectivity index (χ1n) is 12.7. The molecule has 0 amide bonds. The fourth-order valence-electron chi connectivity index (χ4n) is 4.65. The van der Waals surface area contributed by atoms with E-state index in [2.05, 4.69) is 100 Å². The van der Waals surface area contributed by atoms with E-state index in [9.17, 15) is 0 Å². The van der Waals surface area contributed by atoms with E-state index >= 15 is 0 Å². The monoisotopic (exact) mass is 489 g/mol. The van der Waals surface area contributed by atoms with Gasteiger partial charge in [-0.2, -0.15) is 4.68 Å². The summed E-state index contributed by atoms with van der Waals surface area (Å²) in [5, 5.41) is 16.8. The minimum absolute atomic E-state index is 0.213. The highest BCUT2D eigenvalue weighted by Gasteiger charge is 2.24. The van der Waals surface area contributed by atoms with Crippen LogP contribution in [0.25, 0.3) is 16.9 Å². The number of hydrogen-bond donors (Lipinski definition) is 1. The van der Waals surface area contributed by atoms with Gasteiger partial charge in [0.15, 0.2) is 5.82 Å². The van der Waals surface area contributed by atoms with Gasteiger partial charge in [-0.3, -0.25) is 9.97 Å². The molecule has 3 aromatic heterocycles. The second-order valence-electron chi connectivity index (χ2n) is 9.22. The van der Waals surface area contributed by atoms with E-state index in [0.717, 1.165) is 46.0 Å². The Morgan fingerprint density at radius 2 is 1.65 bits per heavy atom. The molecule has 0 aliphatic heterocycles. The summed E-state index contributed by atoms with van der Waals surface area (Å²) in [6, 6.07) is 26.6. The average molecular weight is 490 g/mol. The quantitative estimate of drug-likeness (QED) is 0.296. The van der Waals surface area contributed by atoms with Crippen molar-refractivity contribution >= 4 is 0 Å². The molecule has 0 saturated carbocycles. The van der Waals surface area contributed by atoms with Crippen LogP contribution < -0.4 is 5.32 Å². The van der Waals surface area contributed by atoms with Crippen molar-refractivity contribution in [2.75, 3.05) is 6.54 Å². The largest absolute Gasteiger partial charge is 0.303 e. The Kier molecular flexibility index (Phi) is 7.42. The van der Waals surface area contributed by atoms with Crippen molar-refractivity contribution in [3.8, 4) is 16.9 Å². The predicted octanol–water partition coefficient (Wildman–Crippen LogP) is 5.47. The van der Waals surface area contributed by atoms with Gasteiger partial charge in [0, 0.05) is 36.1 Å². The van der Waals surface area contributed by atoms with Gasteiger partial charge >= 0.3 is 0 Å². The molecule has 0 aliphatic carbocycles. The van der Waals surface area contributed by atoms with Crippen molar-refractivity contribution in [3.05, 3.63) is 119 Å². The smallest absolute Gasteiger partial charge is 0.178 e. The standard InChI is InChI=1S/C30H31N7/c1-4-23-11-9-10-21(2)29(23)37-30(34-35-36-37)28(33-20-22(3)26-12-5-7-18-31-26)25-16-14-24(15-17-25)27-13-6-8-19-32-27/h5-19,22,28,33H,4,20H2,1-3H3. The molecule has 3 heterocycles. The molecule has 0 bridgehead atoms. The van der Waals surface area contributed by atoms with Crippen LogP contribution >= 0.6 is 0 Å². The molecule has 7 nitrogen and oxygen atoms in total. The molecule has 2 unspecified atom stereocenters. The van der Waals surface area contributed by atoms with E-state index in [-0.39, 0.29) is 12.0 Å². The van der Waals surface area contributed by atoms with Crippen molar-refractivity contribution in [1.82, 2.24) is 35.5 Å². The Bertz CT molecular complexity index is 1430. The molecule has 2 aromatic carbocycles. The first-order chi connectivity index (χ1) is 18.2. The molecule has 0 saturated heterocycles. The summed E-state index contributed by atoms with van der Waals surface area (Å²) in [7, 11) is 0. The van der Waals surface area contributed by atoms with Crippen LogP contribution in [0.3, 0.4) is 0 Å². The van der Waals surface area contributed by atoms with Gasteiger partial charge in [-0.05, 0) is 64.7 Å². The molecule has 37 heavy (non-hydrogen) atoms. The highest BCUT2D eigenvalue weighted by Crippen LogP contribution is 2.28.